The van der Waals surface area contributed by atoms with Gasteiger partial charge in [-0.2, -0.15) is 0 Å². The van der Waals surface area contributed by atoms with Gasteiger partial charge in [-0.1, -0.05) is 0 Å². The van der Waals surface area contributed by atoms with Gasteiger partial charge in [-0.15, -0.1) is 11.6 Å². The Morgan fingerprint density at radius 1 is 1.56 bits per heavy atom. The average molecular weight is 246 g/mol. The van der Waals surface area contributed by atoms with Crippen molar-refractivity contribution in [1.29, 1.82) is 0 Å². The molecule has 1 heterocycles. The molecule has 0 aromatic carbocycles. The first kappa shape index (κ1) is 13.1. The molecule has 0 saturated heterocycles. The number of aliphatic hydroxyl groups is 1. The van der Waals surface area contributed by atoms with Crippen LogP contribution in [0.4, 0.5) is 0 Å². The molecular formula is C11H16ClNO3. The summed E-state index contributed by atoms with van der Waals surface area (Å²) in [6.45, 7) is 3.11. The summed E-state index contributed by atoms with van der Waals surface area (Å²) in [7, 11) is 0. The van der Waals surface area contributed by atoms with Gasteiger partial charge >= 0.3 is 0 Å². The molecule has 0 atom stereocenters. The van der Waals surface area contributed by atoms with Crippen molar-refractivity contribution in [1.82, 2.24) is 4.57 Å². The highest BCUT2D eigenvalue weighted by Gasteiger charge is 2.05. The van der Waals surface area contributed by atoms with Crippen molar-refractivity contribution in [2.75, 3.05) is 13.2 Å². The highest BCUT2D eigenvalue weighted by atomic mass is 35.5. The fourth-order valence-electron chi connectivity index (χ4n) is 1.36. The fraction of sp³-hybridized carbons (Fsp3) is 0.545. The minimum absolute atomic E-state index is 0.0573. The molecule has 0 spiro atoms. The van der Waals surface area contributed by atoms with Gasteiger partial charge in [-0.3, -0.25) is 4.79 Å². The fourth-order valence-corrected chi connectivity index (χ4v) is 1.59. The number of ether oxygens (including phenoxy) is 1. The Labute approximate surface area is 99.4 Å². The Balaban J connectivity index is 2.89. The number of nitrogens with zero attached hydrogens (tertiary/aromatic N) is 1. The number of halogens is 1. The number of aliphatic hydroxyl groups excluding tert-OH is 1. The lowest BCUT2D eigenvalue weighted by Crippen LogP contribution is -2.15. The van der Waals surface area contributed by atoms with E-state index in [-0.39, 0.29) is 12.0 Å². The molecule has 90 valence electrons. The molecule has 16 heavy (non-hydrogen) atoms. The highest BCUT2D eigenvalue weighted by Crippen LogP contribution is 2.09. The third-order valence-electron chi connectivity index (χ3n) is 2.22. The number of pyridine rings is 1. The minimum Gasteiger partial charge on any atom is -0.488 e. The van der Waals surface area contributed by atoms with Crippen molar-refractivity contribution >= 4 is 11.6 Å². The first-order valence-electron chi connectivity index (χ1n) is 5.26. The van der Waals surface area contributed by atoms with Crippen molar-refractivity contribution in [2.45, 2.75) is 25.8 Å². The van der Waals surface area contributed by atoms with Crippen LogP contribution in [-0.2, 0) is 12.4 Å². The summed E-state index contributed by atoms with van der Waals surface area (Å²) in [6.07, 6.45) is 2.18. The van der Waals surface area contributed by atoms with Crippen LogP contribution in [-0.4, -0.2) is 22.9 Å². The van der Waals surface area contributed by atoms with E-state index in [2.05, 4.69) is 0 Å². The normalized spacial score (nSPS) is 10.4. The zero-order chi connectivity index (χ0) is 12.0. The minimum atomic E-state index is -0.168. The SMILES string of the molecule is CCn1cc(OCCCO)c(=O)cc1CCl. The number of alkyl halides is 1. The zero-order valence-electron chi connectivity index (χ0n) is 9.28. The number of aryl methyl sites for hydroxylation is 1. The van der Waals surface area contributed by atoms with Gasteiger partial charge in [-0.05, 0) is 6.92 Å². The number of hydrogen-bond acceptors (Lipinski definition) is 3. The molecule has 4 nitrogen and oxygen atoms in total. The van der Waals surface area contributed by atoms with Crippen LogP contribution in [0.5, 0.6) is 5.75 Å². The molecule has 0 aliphatic rings. The van der Waals surface area contributed by atoms with E-state index in [1.54, 1.807) is 6.20 Å². The molecule has 0 unspecified atom stereocenters. The smallest absolute Gasteiger partial charge is 0.223 e. The van der Waals surface area contributed by atoms with E-state index >= 15 is 0 Å². The summed E-state index contributed by atoms with van der Waals surface area (Å²) < 4.78 is 7.16. The van der Waals surface area contributed by atoms with Gasteiger partial charge < -0.3 is 14.4 Å². The molecule has 5 heteroatoms. The van der Waals surface area contributed by atoms with Crippen LogP contribution in [0.3, 0.4) is 0 Å². The van der Waals surface area contributed by atoms with Crippen LogP contribution in [0.1, 0.15) is 19.0 Å². The molecule has 0 amide bonds. The predicted octanol–water partition coefficient (Wildman–Crippen LogP) is 1.37. The second-order valence-corrected chi connectivity index (χ2v) is 3.61. The van der Waals surface area contributed by atoms with Gasteiger partial charge in [0.1, 0.15) is 0 Å². The molecule has 0 aliphatic heterocycles. The lowest BCUT2D eigenvalue weighted by molar-refractivity contribution is 0.231. The Morgan fingerprint density at radius 3 is 2.88 bits per heavy atom. The van der Waals surface area contributed by atoms with Gasteiger partial charge in [0.05, 0.1) is 18.7 Å². The summed E-state index contributed by atoms with van der Waals surface area (Å²) in [6, 6.07) is 1.49. The number of hydrogen-bond donors (Lipinski definition) is 1. The molecule has 1 N–H and O–H groups in total. The van der Waals surface area contributed by atoms with Crippen molar-refractivity contribution in [2.24, 2.45) is 0 Å². The zero-order valence-corrected chi connectivity index (χ0v) is 10.0. The van der Waals surface area contributed by atoms with Crippen molar-refractivity contribution < 1.29 is 9.84 Å². The lowest BCUT2D eigenvalue weighted by atomic mass is 10.3. The quantitative estimate of drug-likeness (QED) is 0.608. The third kappa shape index (κ3) is 3.25. The average Bonchev–Trinajstić information content (AvgIpc) is 2.31. The summed E-state index contributed by atoms with van der Waals surface area (Å²) in [4.78, 5) is 11.6. The van der Waals surface area contributed by atoms with E-state index in [1.807, 2.05) is 11.5 Å². The molecule has 0 saturated carbocycles. The maximum atomic E-state index is 11.6. The standard InChI is InChI=1S/C11H16ClNO3/c1-2-13-8-11(16-5-3-4-14)10(15)6-9(13)7-12/h6,8,14H,2-5,7H2,1H3. The second-order valence-electron chi connectivity index (χ2n) is 3.34. The Morgan fingerprint density at radius 2 is 2.31 bits per heavy atom. The van der Waals surface area contributed by atoms with Gasteiger partial charge in [-0.25, -0.2) is 0 Å². The van der Waals surface area contributed by atoms with Crippen molar-refractivity contribution in [3.63, 3.8) is 0 Å². The van der Waals surface area contributed by atoms with E-state index in [1.165, 1.54) is 6.07 Å². The van der Waals surface area contributed by atoms with Gasteiger partial charge in [0.2, 0.25) is 5.43 Å². The molecular weight excluding hydrogens is 230 g/mol. The topological polar surface area (TPSA) is 51.5 Å². The second kappa shape index (κ2) is 6.55. The molecule has 1 aromatic heterocycles. The maximum absolute atomic E-state index is 11.6. The van der Waals surface area contributed by atoms with Crippen LogP contribution < -0.4 is 10.2 Å². The molecule has 0 aliphatic carbocycles. The van der Waals surface area contributed by atoms with E-state index in [9.17, 15) is 4.79 Å². The van der Waals surface area contributed by atoms with Crippen LogP contribution in [0, 0.1) is 0 Å². The van der Waals surface area contributed by atoms with Crippen LogP contribution in [0.25, 0.3) is 0 Å². The van der Waals surface area contributed by atoms with E-state index in [0.29, 0.717) is 24.7 Å². The largest absolute Gasteiger partial charge is 0.488 e. The highest BCUT2D eigenvalue weighted by molar-refractivity contribution is 6.16. The van der Waals surface area contributed by atoms with Crippen LogP contribution in [0.15, 0.2) is 17.1 Å². The molecule has 0 radical (unpaired) electrons. The third-order valence-corrected chi connectivity index (χ3v) is 2.49. The first-order chi connectivity index (χ1) is 7.72. The number of aromatic nitrogens is 1. The Bertz CT molecular complexity index is 389. The summed E-state index contributed by atoms with van der Waals surface area (Å²) >= 11 is 5.73. The van der Waals surface area contributed by atoms with E-state index in [0.717, 1.165) is 12.2 Å². The van der Waals surface area contributed by atoms with Crippen molar-refractivity contribution in [3.05, 3.63) is 28.2 Å². The van der Waals surface area contributed by atoms with E-state index < -0.39 is 0 Å². The maximum Gasteiger partial charge on any atom is 0.223 e. The van der Waals surface area contributed by atoms with Crippen LogP contribution >= 0.6 is 11.6 Å². The van der Waals surface area contributed by atoms with Gasteiger partial charge in [0, 0.05) is 31.3 Å². The summed E-state index contributed by atoms with van der Waals surface area (Å²) in [5.41, 5.74) is 0.613. The van der Waals surface area contributed by atoms with Gasteiger partial charge in [0.15, 0.2) is 5.75 Å². The summed E-state index contributed by atoms with van der Waals surface area (Å²) in [5, 5.41) is 8.62. The predicted molar refractivity (Wildman–Crippen MR) is 63.1 cm³/mol. The summed E-state index contributed by atoms with van der Waals surface area (Å²) in [5.74, 6) is 0.615. The molecule has 0 fully saturated rings. The number of rotatable bonds is 6. The van der Waals surface area contributed by atoms with E-state index in [4.69, 9.17) is 21.4 Å². The Hall–Kier alpha value is -1.00. The lowest BCUT2D eigenvalue weighted by Gasteiger charge is -2.11. The molecule has 0 bridgehead atoms. The monoisotopic (exact) mass is 245 g/mol. The Kier molecular flexibility index (Phi) is 5.35. The van der Waals surface area contributed by atoms with Gasteiger partial charge in [0.25, 0.3) is 0 Å². The molecule has 1 aromatic rings. The first-order valence-corrected chi connectivity index (χ1v) is 5.79. The van der Waals surface area contributed by atoms with Crippen molar-refractivity contribution in [3.8, 4) is 5.75 Å². The van der Waals surface area contributed by atoms with Crippen LogP contribution in [0.2, 0.25) is 0 Å². The molecule has 1 rings (SSSR count).